The Morgan fingerprint density at radius 3 is 2.62 bits per heavy atom. The number of carbonyl (C=O) groups is 1. The van der Waals surface area contributed by atoms with Crippen LogP contribution in [-0.4, -0.2) is 17.4 Å². The van der Waals surface area contributed by atoms with Crippen molar-refractivity contribution >= 4 is 21.9 Å². The highest BCUT2D eigenvalue weighted by atomic mass is 79.9. The van der Waals surface area contributed by atoms with E-state index in [1.54, 1.807) is 0 Å². The zero-order valence-electron chi connectivity index (χ0n) is 4.56. The van der Waals surface area contributed by atoms with Crippen LogP contribution < -0.4 is 0 Å². The zero-order valence-corrected chi connectivity index (χ0v) is 6.14. The van der Waals surface area contributed by atoms with Gasteiger partial charge >= 0.3 is 5.97 Å². The van der Waals surface area contributed by atoms with E-state index < -0.39 is 0 Å². The van der Waals surface area contributed by atoms with E-state index >= 15 is 0 Å². The van der Waals surface area contributed by atoms with Crippen LogP contribution in [-0.2, 0) is 9.53 Å². The molecule has 0 aromatic rings. The summed E-state index contributed by atoms with van der Waals surface area (Å²) < 4.78 is 4.71. The molecule has 0 N–H and O–H groups in total. The second kappa shape index (κ2) is 2.05. The SMILES string of the molecule is C[C@H]1C(=O)O[C@H]1CBr. The molecule has 2 atom stereocenters. The first kappa shape index (κ1) is 6.08. The second-order valence-corrected chi connectivity index (χ2v) is 2.57. The fraction of sp³-hybridized carbons (Fsp3) is 0.800. The standard InChI is InChI=1S/C5H7BrO2/c1-3-4(2-6)8-5(3)7/h3-4H,2H2,1H3/t3-,4+/m1/s1. The normalized spacial score (nSPS) is 36.0. The minimum Gasteiger partial charge on any atom is -0.460 e. The maximum atomic E-state index is 10.4. The average Bonchev–Trinajstić information content (AvgIpc) is 1.81. The van der Waals surface area contributed by atoms with Crippen LogP contribution in [0, 0.1) is 5.92 Å². The zero-order chi connectivity index (χ0) is 6.15. The molecule has 0 spiro atoms. The Hall–Kier alpha value is -0.0500. The molecule has 0 unspecified atom stereocenters. The molecule has 1 aliphatic rings. The van der Waals surface area contributed by atoms with E-state index in [9.17, 15) is 4.79 Å². The number of hydrogen-bond donors (Lipinski definition) is 0. The van der Waals surface area contributed by atoms with Crippen LogP contribution in [0.3, 0.4) is 0 Å². The van der Waals surface area contributed by atoms with E-state index in [1.165, 1.54) is 0 Å². The minimum absolute atomic E-state index is 0.0746. The highest BCUT2D eigenvalue weighted by Gasteiger charge is 2.37. The van der Waals surface area contributed by atoms with E-state index in [0.717, 1.165) is 5.33 Å². The van der Waals surface area contributed by atoms with Crippen molar-refractivity contribution in [2.45, 2.75) is 13.0 Å². The van der Waals surface area contributed by atoms with Crippen molar-refractivity contribution in [2.75, 3.05) is 5.33 Å². The number of alkyl halides is 1. The molecule has 0 saturated carbocycles. The van der Waals surface area contributed by atoms with E-state index in [2.05, 4.69) is 15.9 Å². The summed E-state index contributed by atoms with van der Waals surface area (Å²) in [7, 11) is 0. The first-order valence-corrected chi connectivity index (χ1v) is 3.64. The van der Waals surface area contributed by atoms with Crippen LogP contribution in [0.25, 0.3) is 0 Å². The molecule has 0 bridgehead atoms. The predicted molar refractivity (Wildman–Crippen MR) is 32.8 cm³/mol. The smallest absolute Gasteiger partial charge is 0.312 e. The Morgan fingerprint density at radius 2 is 2.50 bits per heavy atom. The Labute approximate surface area is 56.3 Å². The highest BCUT2D eigenvalue weighted by molar-refractivity contribution is 9.09. The molecule has 1 fully saturated rings. The third-order valence-electron chi connectivity index (χ3n) is 1.35. The van der Waals surface area contributed by atoms with Crippen molar-refractivity contribution < 1.29 is 9.53 Å². The third-order valence-corrected chi connectivity index (χ3v) is 1.99. The van der Waals surface area contributed by atoms with Gasteiger partial charge in [0.2, 0.25) is 0 Å². The molecule has 3 heteroatoms. The molecule has 1 rings (SSSR count). The minimum atomic E-state index is -0.0746. The van der Waals surface area contributed by atoms with Crippen LogP contribution in [0.1, 0.15) is 6.92 Å². The number of ether oxygens (including phenoxy) is 1. The summed E-state index contributed by atoms with van der Waals surface area (Å²) >= 11 is 3.22. The molecule has 0 aliphatic carbocycles. The van der Waals surface area contributed by atoms with Crippen LogP contribution >= 0.6 is 15.9 Å². The molecule has 1 saturated heterocycles. The number of hydrogen-bond acceptors (Lipinski definition) is 2. The van der Waals surface area contributed by atoms with Crippen molar-refractivity contribution in [3.63, 3.8) is 0 Å². The van der Waals surface area contributed by atoms with Crippen molar-refractivity contribution in [3.8, 4) is 0 Å². The predicted octanol–water partition coefficient (Wildman–Crippen LogP) is 0.943. The van der Waals surface area contributed by atoms with Gasteiger partial charge in [-0.2, -0.15) is 0 Å². The van der Waals surface area contributed by atoms with Crippen LogP contribution in [0.5, 0.6) is 0 Å². The van der Waals surface area contributed by atoms with Crippen LogP contribution in [0.2, 0.25) is 0 Å². The van der Waals surface area contributed by atoms with Crippen molar-refractivity contribution in [1.29, 1.82) is 0 Å². The Balaban J connectivity index is 2.35. The first-order chi connectivity index (χ1) is 3.75. The lowest BCUT2D eigenvalue weighted by Gasteiger charge is -2.30. The van der Waals surface area contributed by atoms with Gasteiger partial charge in [-0.1, -0.05) is 15.9 Å². The molecular formula is C5H7BrO2. The van der Waals surface area contributed by atoms with Gasteiger partial charge in [0.25, 0.3) is 0 Å². The Bertz CT molecular complexity index is 113. The summed E-state index contributed by atoms with van der Waals surface area (Å²) in [6.07, 6.45) is 0.127. The monoisotopic (exact) mass is 178 g/mol. The second-order valence-electron chi connectivity index (χ2n) is 1.92. The lowest BCUT2D eigenvalue weighted by molar-refractivity contribution is -0.179. The summed E-state index contributed by atoms with van der Waals surface area (Å²) in [6.45, 7) is 1.87. The van der Waals surface area contributed by atoms with Gasteiger partial charge in [-0.15, -0.1) is 0 Å². The van der Waals surface area contributed by atoms with E-state index in [0.29, 0.717) is 0 Å². The average molecular weight is 179 g/mol. The number of cyclic esters (lactones) is 1. The lowest BCUT2D eigenvalue weighted by atomic mass is 10.0. The molecule has 0 radical (unpaired) electrons. The highest BCUT2D eigenvalue weighted by Crippen LogP contribution is 2.22. The summed E-state index contributed by atoms with van der Waals surface area (Å²) in [5.74, 6) is 0.0313. The van der Waals surface area contributed by atoms with E-state index in [-0.39, 0.29) is 18.0 Å². The Kier molecular flexibility index (Phi) is 1.56. The van der Waals surface area contributed by atoms with Gasteiger partial charge < -0.3 is 4.74 Å². The summed E-state index contributed by atoms with van der Waals surface area (Å²) in [5, 5.41) is 0.764. The molecule has 46 valence electrons. The molecule has 0 amide bonds. The van der Waals surface area contributed by atoms with Gasteiger partial charge in [-0.25, -0.2) is 0 Å². The number of rotatable bonds is 1. The van der Waals surface area contributed by atoms with E-state index in [4.69, 9.17) is 4.74 Å². The summed E-state index contributed by atoms with van der Waals surface area (Å²) in [4.78, 5) is 10.4. The fourth-order valence-electron chi connectivity index (χ4n) is 0.603. The molecule has 1 heterocycles. The van der Waals surface area contributed by atoms with Crippen molar-refractivity contribution in [3.05, 3.63) is 0 Å². The summed E-state index contributed by atoms with van der Waals surface area (Å²) in [6, 6.07) is 0. The number of halogens is 1. The third kappa shape index (κ3) is 0.749. The topological polar surface area (TPSA) is 26.3 Å². The van der Waals surface area contributed by atoms with Gasteiger partial charge in [0.1, 0.15) is 6.10 Å². The van der Waals surface area contributed by atoms with Crippen LogP contribution in [0.4, 0.5) is 0 Å². The summed E-state index contributed by atoms with van der Waals surface area (Å²) in [5.41, 5.74) is 0. The largest absolute Gasteiger partial charge is 0.460 e. The van der Waals surface area contributed by atoms with Gasteiger partial charge in [0.15, 0.2) is 0 Å². The maximum Gasteiger partial charge on any atom is 0.312 e. The van der Waals surface area contributed by atoms with Gasteiger partial charge in [-0.05, 0) is 6.92 Å². The molecule has 0 aromatic carbocycles. The number of esters is 1. The number of carbonyl (C=O) groups excluding carboxylic acids is 1. The molecule has 2 nitrogen and oxygen atoms in total. The lowest BCUT2D eigenvalue weighted by Crippen LogP contribution is -2.44. The van der Waals surface area contributed by atoms with E-state index in [1.807, 2.05) is 6.92 Å². The van der Waals surface area contributed by atoms with Crippen molar-refractivity contribution in [1.82, 2.24) is 0 Å². The molecule has 1 aliphatic heterocycles. The van der Waals surface area contributed by atoms with Crippen LogP contribution in [0.15, 0.2) is 0 Å². The van der Waals surface area contributed by atoms with Crippen molar-refractivity contribution in [2.24, 2.45) is 5.92 Å². The van der Waals surface area contributed by atoms with Gasteiger partial charge in [-0.3, -0.25) is 4.79 Å². The molecule has 8 heavy (non-hydrogen) atoms. The molecular weight excluding hydrogens is 172 g/mol. The van der Waals surface area contributed by atoms with Gasteiger partial charge in [0, 0.05) is 5.33 Å². The fourth-order valence-corrected chi connectivity index (χ4v) is 1.30. The maximum absolute atomic E-state index is 10.4. The molecule has 0 aromatic heterocycles. The quantitative estimate of drug-likeness (QED) is 0.442. The van der Waals surface area contributed by atoms with Gasteiger partial charge in [0.05, 0.1) is 5.92 Å². The Morgan fingerprint density at radius 1 is 1.88 bits per heavy atom. The first-order valence-electron chi connectivity index (χ1n) is 2.52.